The normalized spacial score (nSPS) is 18.2. The van der Waals surface area contributed by atoms with Crippen LogP contribution in [-0.4, -0.2) is 57.6 Å². The van der Waals surface area contributed by atoms with Crippen LogP contribution >= 0.6 is 11.6 Å². The van der Waals surface area contributed by atoms with Gasteiger partial charge in [0.2, 0.25) is 5.91 Å². The first kappa shape index (κ1) is 21.8. The molecule has 0 unspecified atom stereocenters. The van der Waals surface area contributed by atoms with Crippen LogP contribution in [0.3, 0.4) is 0 Å². The van der Waals surface area contributed by atoms with Gasteiger partial charge < -0.3 is 10.2 Å². The number of amides is 2. The topological polar surface area (TPSA) is 70.5 Å². The third-order valence-corrected chi connectivity index (χ3v) is 6.71. The minimum atomic E-state index is -0.0915. The average molecular weight is 444 g/mol. The zero-order chi connectivity index (χ0) is 21.8. The van der Waals surface area contributed by atoms with E-state index in [2.05, 4.69) is 15.3 Å². The first-order valence-electron chi connectivity index (χ1n) is 11.1. The second kappa shape index (κ2) is 9.83. The van der Waals surface area contributed by atoms with Crippen molar-refractivity contribution in [2.75, 3.05) is 31.5 Å². The number of benzene rings is 1. The Labute approximate surface area is 188 Å². The molecule has 31 heavy (non-hydrogen) atoms. The second-order valence-corrected chi connectivity index (χ2v) is 8.93. The van der Waals surface area contributed by atoms with Crippen molar-refractivity contribution < 1.29 is 9.59 Å². The van der Waals surface area contributed by atoms with Crippen molar-refractivity contribution in [2.24, 2.45) is 13.0 Å². The van der Waals surface area contributed by atoms with E-state index in [1.54, 1.807) is 17.8 Å². The van der Waals surface area contributed by atoms with Crippen molar-refractivity contribution in [1.29, 1.82) is 0 Å². The summed E-state index contributed by atoms with van der Waals surface area (Å²) in [7, 11) is 1.76. The molecule has 7 nitrogen and oxygen atoms in total. The summed E-state index contributed by atoms with van der Waals surface area (Å²) < 4.78 is 1.58. The lowest BCUT2D eigenvalue weighted by atomic mass is 9.89. The summed E-state index contributed by atoms with van der Waals surface area (Å²) >= 11 is 6.27. The molecule has 1 aromatic carbocycles. The zero-order valence-corrected chi connectivity index (χ0v) is 18.8. The molecule has 2 aromatic rings. The van der Waals surface area contributed by atoms with Crippen LogP contribution in [0.2, 0.25) is 5.02 Å². The highest BCUT2D eigenvalue weighted by Crippen LogP contribution is 2.25. The van der Waals surface area contributed by atoms with E-state index in [4.69, 9.17) is 11.6 Å². The average Bonchev–Trinajstić information content (AvgIpc) is 3.16. The summed E-state index contributed by atoms with van der Waals surface area (Å²) in [5.74, 6) is 0.589. The van der Waals surface area contributed by atoms with Crippen molar-refractivity contribution in [3.8, 4) is 0 Å². The summed E-state index contributed by atoms with van der Waals surface area (Å²) in [5.41, 5.74) is 1.48. The number of halogens is 1. The van der Waals surface area contributed by atoms with E-state index in [0.717, 1.165) is 55.9 Å². The van der Waals surface area contributed by atoms with Crippen LogP contribution in [0.15, 0.2) is 30.3 Å². The lowest BCUT2D eigenvalue weighted by Gasteiger charge is -2.34. The molecule has 1 aromatic heterocycles. The summed E-state index contributed by atoms with van der Waals surface area (Å²) in [6.45, 7) is 3.64. The Balaban J connectivity index is 1.32. The molecule has 1 aliphatic carbocycles. The summed E-state index contributed by atoms with van der Waals surface area (Å²) in [6.07, 6.45) is 5.30. The van der Waals surface area contributed by atoms with Crippen LogP contribution in [0.1, 0.15) is 48.2 Å². The second-order valence-electron chi connectivity index (χ2n) is 8.52. The maximum atomic E-state index is 13.0. The van der Waals surface area contributed by atoms with E-state index in [9.17, 15) is 9.59 Å². The molecule has 0 spiro atoms. The van der Waals surface area contributed by atoms with Gasteiger partial charge in [0.1, 0.15) is 5.82 Å². The van der Waals surface area contributed by atoms with Gasteiger partial charge in [0.25, 0.3) is 5.91 Å². The number of rotatable bonds is 5. The van der Waals surface area contributed by atoms with Crippen LogP contribution in [0, 0.1) is 5.92 Å². The molecule has 2 aliphatic rings. The van der Waals surface area contributed by atoms with E-state index < -0.39 is 0 Å². The summed E-state index contributed by atoms with van der Waals surface area (Å²) in [5, 5.41) is 8.11. The number of nitrogens with zero attached hydrogens (tertiary/aromatic N) is 4. The van der Waals surface area contributed by atoms with Gasteiger partial charge in [-0.1, -0.05) is 49.1 Å². The molecule has 0 atom stereocenters. The Morgan fingerprint density at radius 3 is 2.52 bits per heavy atom. The number of anilines is 1. The summed E-state index contributed by atoms with van der Waals surface area (Å²) in [6, 6.07) is 9.56. The highest BCUT2D eigenvalue weighted by Gasteiger charge is 2.26. The van der Waals surface area contributed by atoms with Crippen molar-refractivity contribution in [3.63, 3.8) is 0 Å². The number of aryl methyl sites for hydroxylation is 1. The van der Waals surface area contributed by atoms with E-state index in [0.29, 0.717) is 24.6 Å². The quantitative estimate of drug-likeness (QED) is 0.767. The molecule has 8 heteroatoms. The van der Waals surface area contributed by atoms with Gasteiger partial charge in [0.15, 0.2) is 5.69 Å². The lowest BCUT2D eigenvalue weighted by Crippen LogP contribution is -2.48. The highest BCUT2D eigenvalue weighted by atomic mass is 35.5. The number of hydrogen-bond donors (Lipinski definition) is 1. The molecule has 0 bridgehead atoms. The van der Waals surface area contributed by atoms with Crippen LogP contribution in [0.4, 0.5) is 5.82 Å². The van der Waals surface area contributed by atoms with Crippen molar-refractivity contribution in [2.45, 2.75) is 38.6 Å². The van der Waals surface area contributed by atoms with Gasteiger partial charge in [-0.05, 0) is 24.5 Å². The minimum Gasteiger partial charge on any atom is -0.335 e. The van der Waals surface area contributed by atoms with Gasteiger partial charge in [-0.15, -0.1) is 0 Å². The van der Waals surface area contributed by atoms with Crippen molar-refractivity contribution in [3.05, 3.63) is 46.6 Å². The van der Waals surface area contributed by atoms with Crippen LogP contribution in [-0.2, 0) is 18.4 Å². The van der Waals surface area contributed by atoms with E-state index >= 15 is 0 Å². The molecule has 2 fully saturated rings. The van der Waals surface area contributed by atoms with Gasteiger partial charge in [-0.25, -0.2) is 0 Å². The predicted octanol–water partition coefficient (Wildman–Crippen LogP) is 3.55. The Bertz CT molecular complexity index is 930. The molecule has 166 valence electrons. The van der Waals surface area contributed by atoms with Gasteiger partial charge in [-0.2, -0.15) is 5.10 Å². The van der Waals surface area contributed by atoms with Crippen molar-refractivity contribution >= 4 is 29.2 Å². The smallest absolute Gasteiger partial charge is 0.274 e. The Morgan fingerprint density at radius 1 is 1.10 bits per heavy atom. The number of hydrogen-bond acceptors (Lipinski definition) is 4. The standard InChI is InChI=1S/C23H30ClN5O2/c1-27-21(25-22(30)17-7-3-2-4-8-17)15-20(26-27)23(31)29-13-11-28(12-14-29)16-18-9-5-6-10-19(18)24/h5-6,9-10,15,17H,2-4,7-8,11-14,16H2,1H3,(H,25,30). The fourth-order valence-electron chi connectivity index (χ4n) is 4.42. The molecule has 1 saturated carbocycles. The van der Waals surface area contributed by atoms with Crippen molar-refractivity contribution in [1.82, 2.24) is 19.6 Å². The van der Waals surface area contributed by atoms with Crippen LogP contribution in [0.5, 0.6) is 0 Å². The number of carbonyl (C=O) groups is 2. The predicted molar refractivity (Wildman–Crippen MR) is 121 cm³/mol. The van der Waals surface area contributed by atoms with Gasteiger partial charge in [0.05, 0.1) is 0 Å². The largest absolute Gasteiger partial charge is 0.335 e. The molecule has 1 N–H and O–H groups in total. The van der Waals surface area contributed by atoms with E-state index in [-0.39, 0.29) is 17.7 Å². The third-order valence-electron chi connectivity index (χ3n) is 6.34. The maximum absolute atomic E-state index is 13.0. The zero-order valence-electron chi connectivity index (χ0n) is 18.0. The summed E-state index contributed by atoms with van der Waals surface area (Å²) in [4.78, 5) is 29.7. The molecular formula is C23H30ClN5O2. The van der Waals surface area contributed by atoms with Crippen LogP contribution < -0.4 is 5.32 Å². The van der Waals surface area contributed by atoms with Gasteiger partial charge in [0, 0.05) is 56.8 Å². The molecule has 4 rings (SSSR count). The molecule has 1 saturated heterocycles. The van der Waals surface area contributed by atoms with Crippen LogP contribution in [0.25, 0.3) is 0 Å². The van der Waals surface area contributed by atoms with E-state index in [1.807, 2.05) is 29.2 Å². The lowest BCUT2D eigenvalue weighted by molar-refractivity contribution is -0.120. The fourth-order valence-corrected chi connectivity index (χ4v) is 4.62. The Kier molecular flexibility index (Phi) is 6.92. The Morgan fingerprint density at radius 2 is 1.81 bits per heavy atom. The molecule has 2 heterocycles. The molecule has 0 radical (unpaired) electrons. The molecule has 2 amide bonds. The van der Waals surface area contributed by atoms with Gasteiger partial charge in [-0.3, -0.25) is 19.2 Å². The number of nitrogens with one attached hydrogen (secondary N) is 1. The monoisotopic (exact) mass is 443 g/mol. The number of piperazine rings is 1. The molecular weight excluding hydrogens is 414 g/mol. The first-order valence-corrected chi connectivity index (χ1v) is 11.5. The minimum absolute atomic E-state index is 0.0369. The van der Waals surface area contributed by atoms with Gasteiger partial charge >= 0.3 is 0 Å². The number of carbonyl (C=O) groups excluding carboxylic acids is 2. The number of aromatic nitrogens is 2. The first-order chi connectivity index (χ1) is 15.0. The SMILES string of the molecule is Cn1nc(C(=O)N2CCN(Cc3ccccc3Cl)CC2)cc1NC(=O)C1CCCCC1. The molecule has 1 aliphatic heterocycles. The van der Waals surface area contributed by atoms with E-state index in [1.165, 1.54) is 6.42 Å². The highest BCUT2D eigenvalue weighted by molar-refractivity contribution is 6.31. The third kappa shape index (κ3) is 5.28. The fraction of sp³-hybridized carbons (Fsp3) is 0.522. The Hall–Kier alpha value is -2.38. The maximum Gasteiger partial charge on any atom is 0.274 e.